The Labute approximate surface area is 151 Å². The van der Waals surface area contributed by atoms with E-state index in [9.17, 15) is 4.79 Å². The molecule has 1 heterocycles. The smallest absolute Gasteiger partial charge is 0.258 e. The van der Waals surface area contributed by atoms with E-state index in [1.54, 1.807) is 18.2 Å². The van der Waals surface area contributed by atoms with Crippen LogP contribution in [-0.4, -0.2) is 36.6 Å². The number of anilines is 2. The van der Waals surface area contributed by atoms with Gasteiger partial charge in [0.1, 0.15) is 17.3 Å². The largest absolute Gasteiger partial charge is 0.497 e. The minimum Gasteiger partial charge on any atom is -0.497 e. The van der Waals surface area contributed by atoms with Gasteiger partial charge in [0, 0.05) is 23.6 Å². The predicted octanol–water partition coefficient (Wildman–Crippen LogP) is 3.33. The summed E-state index contributed by atoms with van der Waals surface area (Å²) in [5.74, 6) is 1.62. The Bertz CT molecular complexity index is 921. The zero-order valence-electron chi connectivity index (χ0n) is 14.9. The second-order valence-electron chi connectivity index (χ2n) is 5.50. The molecule has 0 aliphatic heterocycles. The lowest BCUT2D eigenvalue weighted by atomic mass is 10.2. The normalized spacial score (nSPS) is 10.4. The summed E-state index contributed by atoms with van der Waals surface area (Å²) < 4.78 is 10.4. The fourth-order valence-corrected chi connectivity index (χ4v) is 2.55. The highest BCUT2D eigenvalue weighted by molar-refractivity contribution is 6.04. The van der Waals surface area contributed by atoms with Crippen molar-refractivity contribution in [2.75, 3.05) is 31.4 Å². The van der Waals surface area contributed by atoms with E-state index in [1.165, 1.54) is 14.2 Å². The number of carbonyl (C=O) groups excluding carboxylic acids is 1. The summed E-state index contributed by atoms with van der Waals surface area (Å²) >= 11 is 0. The summed E-state index contributed by atoms with van der Waals surface area (Å²) in [4.78, 5) is 21.5. The maximum Gasteiger partial charge on any atom is 0.258 e. The summed E-state index contributed by atoms with van der Waals surface area (Å²) in [6.07, 6.45) is 0. The van der Waals surface area contributed by atoms with Crippen molar-refractivity contribution in [3.63, 3.8) is 0 Å². The number of fused-ring (bicyclic) bond motifs is 1. The van der Waals surface area contributed by atoms with Crippen LogP contribution in [-0.2, 0) is 0 Å². The number of para-hydroxylation sites is 1. The summed E-state index contributed by atoms with van der Waals surface area (Å²) in [6, 6.07) is 12.6. The van der Waals surface area contributed by atoms with Crippen LogP contribution in [0.1, 0.15) is 17.3 Å². The molecule has 3 aromatic rings. The van der Waals surface area contributed by atoms with Gasteiger partial charge in [0.15, 0.2) is 0 Å². The van der Waals surface area contributed by atoms with Crippen molar-refractivity contribution in [1.82, 2.24) is 9.97 Å². The molecule has 2 aromatic carbocycles. The highest BCUT2D eigenvalue weighted by Gasteiger charge is 2.13. The number of nitrogens with zero attached hydrogens (tertiary/aromatic N) is 2. The quantitative estimate of drug-likeness (QED) is 0.708. The average Bonchev–Trinajstić information content (AvgIpc) is 2.67. The Balaban J connectivity index is 1.94. The number of amides is 1. The molecule has 0 saturated heterocycles. The van der Waals surface area contributed by atoms with Gasteiger partial charge in [0.05, 0.1) is 19.7 Å². The summed E-state index contributed by atoms with van der Waals surface area (Å²) in [7, 11) is 3.07. The standard InChI is InChI=1S/C19H20N4O3/c1-4-20-17-15-7-5-6-8-16(15)21-19(22-17)23-18(24)12-9-13(25-2)11-14(10-12)26-3/h5-11H,4H2,1-3H3,(H2,20,21,22,23,24). The van der Waals surface area contributed by atoms with Crippen molar-refractivity contribution < 1.29 is 14.3 Å². The highest BCUT2D eigenvalue weighted by atomic mass is 16.5. The van der Waals surface area contributed by atoms with Crippen LogP contribution in [0.25, 0.3) is 10.9 Å². The van der Waals surface area contributed by atoms with E-state index in [0.717, 1.165) is 10.9 Å². The number of ether oxygens (including phenoxy) is 2. The van der Waals surface area contributed by atoms with Gasteiger partial charge in [-0.25, -0.2) is 4.98 Å². The van der Waals surface area contributed by atoms with Gasteiger partial charge in [-0.3, -0.25) is 10.1 Å². The van der Waals surface area contributed by atoms with Gasteiger partial charge in [-0.1, -0.05) is 12.1 Å². The lowest BCUT2D eigenvalue weighted by Crippen LogP contribution is -2.15. The molecule has 0 radical (unpaired) electrons. The van der Waals surface area contributed by atoms with Gasteiger partial charge >= 0.3 is 0 Å². The maximum absolute atomic E-state index is 12.6. The molecule has 2 N–H and O–H groups in total. The van der Waals surface area contributed by atoms with Crippen LogP contribution in [0, 0.1) is 0 Å². The van der Waals surface area contributed by atoms with Crippen LogP contribution >= 0.6 is 0 Å². The number of hydrogen-bond acceptors (Lipinski definition) is 6. The van der Waals surface area contributed by atoms with Gasteiger partial charge in [0.25, 0.3) is 5.91 Å². The Morgan fingerprint density at radius 3 is 2.38 bits per heavy atom. The molecule has 0 unspecified atom stereocenters. The number of rotatable bonds is 6. The number of carbonyl (C=O) groups is 1. The third kappa shape index (κ3) is 3.66. The molecule has 0 atom stereocenters. The van der Waals surface area contributed by atoms with Crippen LogP contribution in [0.2, 0.25) is 0 Å². The second kappa shape index (κ2) is 7.69. The number of aromatic nitrogens is 2. The van der Waals surface area contributed by atoms with Gasteiger partial charge in [0.2, 0.25) is 5.95 Å². The van der Waals surface area contributed by atoms with Crippen LogP contribution in [0.3, 0.4) is 0 Å². The molecule has 1 amide bonds. The zero-order chi connectivity index (χ0) is 18.5. The summed E-state index contributed by atoms with van der Waals surface area (Å²) in [5, 5.41) is 6.84. The molecule has 7 heteroatoms. The van der Waals surface area contributed by atoms with Crippen LogP contribution < -0.4 is 20.1 Å². The van der Waals surface area contributed by atoms with Crippen molar-refractivity contribution in [3.8, 4) is 11.5 Å². The molecule has 3 rings (SSSR count). The molecule has 0 bridgehead atoms. The van der Waals surface area contributed by atoms with Crippen molar-refractivity contribution in [2.45, 2.75) is 6.92 Å². The molecule has 134 valence electrons. The van der Waals surface area contributed by atoms with Crippen molar-refractivity contribution in [1.29, 1.82) is 0 Å². The lowest BCUT2D eigenvalue weighted by molar-refractivity contribution is 0.102. The fraction of sp³-hybridized carbons (Fsp3) is 0.211. The molecule has 0 saturated carbocycles. The van der Waals surface area contributed by atoms with E-state index >= 15 is 0 Å². The predicted molar refractivity (Wildman–Crippen MR) is 101 cm³/mol. The van der Waals surface area contributed by atoms with E-state index in [2.05, 4.69) is 20.6 Å². The molecular weight excluding hydrogens is 332 g/mol. The van der Waals surface area contributed by atoms with E-state index in [-0.39, 0.29) is 11.9 Å². The Morgan fingerprint density at radius 2 is 1.73 bits per heavy atom. The van der Waals surface area contributed by atoms with Crippen molar-refractivity contribution in [2.24, 2.45) is 0 Å². The second-order valence-corrected chi connectivity index (χ2v) is 5.50. The molecule has 0 spiro atoms. The van der Waals surface area contributed by atoms with E-state index in [0.29, 0.717) is 29.4 Å². The molecule has 1 aromatic heterocycles. The number of benzene rings is 2. The average molecular weight is 352 g/mol. The third-order valence-electron chi connectivity index (χ3n) is 3.79. The van der Waals surface area contributed by atoms with E-state index < -0.39 is 0 Å². The van der Waals surface area contributed by atoms with Crippen molar-refractivity contribution in [3.05, 3.63) is 48.0 Å². The van der Waals surface area contributed by atoms with E-state index in [4.69, 9.17) is 9.47 Å². The zero-order valence-corrected chi connectivity index (χ0v) is 14.9. The third-order valence-corrected chi connectivity index (χ3v) is 3.79. The topological polar surface area (TPSA) is 85.4 Å². The van der Waals surface area contributed by atoms with Crippen molar-refractivity contribution >= 4 is 28.6 Å². The molecule has 26 heavy (non-hydrogen) atoms. The first kappa shape index (κ1) is 17.5. The SMILES string of the molecule is CCNc1nc(NC(=O)c2cc(OC)cc(OC)c2)nc2ccccc12. The number of hydrogen-bond donors (Lipinski definition) is 2. The molecule has 0 aliphatic carbocycles. The maximum atomic E-state index is 12.6. The van der Waals surface area contributed by atoms with Gasteiger partial charge in [-0.2, -0.15) is 4.98 Å². The van der Waals surface area contributed by atoms with Gasteiger partial charge < -0.3 is 14.8 Å². The Morgan fingerprint density at radius 1 is 1.04 bits per heavy atom. The lowest BCUT2D eigenvalue weighted by Gasteiger charge is -2.11. The Hall–Kier alpha value is -3.35. The summed E-state index contributed by atoms with van der Waals surface area (Å²) in [5.41, 5.74) is 1.14. The first-order valence-electron chi connectivity index (χ1n) is 8.19. The monoisotopic (exact) mass is 352 g/mol. The number of methoxy groups -OCH3 is 2. The first-order chi connectivity index (χ1) is 12.6. The van der Waals surface area contributed by atoms with Gasteiger partial charge in [-0.15, -0.1) is 0 Å². The molecule has 0 fully saturated rings. The fourth-order valence-electron chi connectivity index (χ4n) is 2.55. The van der Waals surface area contributed by atoms with Gasteiger partial charge in [-0.05, 0) is 31.2 Å². The minimum atomic E-state index is -0.347. The van der Waals surface area contributed by atoms with E-state index in [1.807, 2.05) is 31.2 Å². The molecule has 0 aliphatic rings. The molecular formula is C19H20N4O3. The highest BCUT2D eigenvalue weighted by Crippen LogP contribution is 2.24. The van der Waals surface area contributed by atoms with Crippen LogP contribution in [0.5, 0.6) is 11.5 Å². The minimum absolute atomic E-state index is 0.228. The number of nitrogens with one attached hydrogen (secondary N) is 2. The van der Waals surface area contributed by atoms with Crippen LogP contribution in [0.4, 0.5) is 11.8 Å². The first-order valence-corrected chi connectivity index (χ1v) is 8.19. The molecule has 7 nitrogen and oxygen atoms in total. The Kier molecular flexibility index (Phi) is 5.17. The summed E-state index contributed by atoms with van der Waals surface area (Å²) in [6.45, 7) is 2.69. The van der Waals surface area contributed by atoms with Crippen LogP contribution in [0.15, 0.2) is 42.5 Å².